The summed E-state index contributed by atoms with van der Waals surface area (Å²) < 4.78 is 20.8. The van der Waals surface area contributed by atoms with Crippen LogP contribution in [0.15, 0.2) is 0 Å². The molecular formula is C20H38O6. The summed E-state index contributed by atoms with van der Waals surface area (Å²) in [5, 5.41) is 0. The van der Waals surface area contributed by atoms with Crippen LogP contribution >= 0.6 is 0 Å². The molecule has 0 aliphatic carbocycles. The molecule has 0 bridgehead atoms. The van der Waals surface area contributed by atoms with E-state index in [1.54, 1.807) is 0 Å². The van der Waals surface area contributed by atoms with Gasteiger partial charge in [0.15, 0.2) is 0 Å². The van der Waals surface area contributed by atoms with Gasteiger partial charge in [-0.1, -0.05) is 52.4 Å². The molecule has 0 atom stereocenters. The third-order valence-corrected chi connectivity index (χ3v) is 3.82. The summed E-state index contributed by atoms with van der Waals surface area (Å²) in [5.41, 5.74) is 0. The average Bonchev–Trinajstić information content (AvgIpc) is 2.63. The number of hydrogen-bond donors (Lipinski definition) is 0. The van der Waals surface area contributed by atoms with Crippen molar-refractivity contribution in [1.82, 2.24) is 0 Å². The molecule has 6 nitrogen and oxygen atoms in total. The van der Waals surface area contributed by atoms with E-state index < -0.39 is 0 Å². The lowest BCUT2D eigenvalue weighted by Gasteiger charge is -2.08. The van der Waals surface area contributed by atoms with E-state index >= 15 is 0 Å². The standard InChI is InChI=1S/C20H38O6/c1-3-5-7-8-10-12-20(22)26-18-16-24-14-13-23-15-17-25-19(21)11-9-6-4-2/h3-18H2,1-2H3. The SMILES string of the molecule is CCCCCCCC(=O)OCCOCCOCCOC(=O)CCCCC. The lowest BCUT2D eigenvalue weighted by molar-refractivity contribution is -0.147. The largest absolute Gasteiger partial charge is 0.463 e. The van der Waals surface area contributed by atoms with Gasteiger partial charge in [-0.25, -0.2) is 0 Å². The van der Waals surface area contributed by atoms with Crippen LogP contribution in [0.5, 0.6) is 0 Å². The zero-order chi connectivity index (χ0) is 19.3. The number of carbonyl (C=O) groups excluding carboxylic acids is 2. The Morgan fingerprint density at radius 2 is 0.923 bits per heavy atom. The lowest BCUT2D eigenvalue weighted by Crippen LogP contribution is -2.15. The van der Waals surface area contributed by atoms with E-state index in [0.717, 1.165) is 32.1 Å². The minimum Gasteiger partial charge on any atom is -0.463 e. The molecular weight excluding hydrogens is 336 g/mol. The maximum atomic E-state index is 11.5. The monoisotopic (exact) mass is 374 g/mol. The fourth-order valence-electron chi connectivity index (χ4n) is 2.29. The van der Waals surface area contributed by atoms with Crippen molar-refractivity contribution in [3.63, 3.8) is 0 Å². The van der Waals surface area contributed by atoms with Crippen molar-refractivity contribution in [1.29, 1.82) is 0 Å². The molecule has 0 radical (unpaired) electrons. The first-order valence-corrected chi connectivity index (χ1v) is 10.2. The van der Waals surface area contributed by atoms with E-state index in [1.165, 1.54) is 19.3 Å². The molecule has 0 fully saturated rings. The molecule has 0 saturated carbocycles. The topological polar surface area (TPSA) is 71.1 Å². The van der Waals surface area contributed by atoms with Crippen LogP contribution in [-0.2, 0) is 28.5 Å². The van der Waals surface area contributed by atoms with Crippen LogP contribution in [0.25, 0.3) is 0 Å². The van der Waals surface area contributed by atoms with Gasteiger partial charge in [-0.2, -0.15) is 0 Å². The van der Waals surface area contributed by atoms with Gasteiger partial charge in [0.2, 0.25) is 0 Å². The zero-order valence-corrected chi connectivity index (χ0v) is 16.8. The van der Waals surface area contributed by atoms with E-state index in [4.69, 9.17) is 18.9 Å². The number of unbranched alkanes of at least 4 members (excludes halogenated alkanes) is 6. The number of carbonyl (C=O) groups is 2. The minimum atomic E-state index is -0.162. The molecule has 0 rings (SSSR count). The number of rotatable bonds is 19. The van der Waals surface area contributed by atoms with E-state index in [-0.39, 0.29) is 25.2 Å². The Bertz CT molecular complexity index is 332. The molecule has 0 N–H and O–H groups in total. The van der Waals surface area contributed by atoms with Crippen molar-refractivity contribution in [2.45, 2.75) is 78.1 Å². The Kier molecular flexibility index (Phi) is 19.3. The Hall–Kier alpha value is -1.14. The highest BCUT2D eigenvalue weighted by Crippen LogP contribution is 2.05. The predicted octanol–water partition coefficient (Wildman–Crippen LogP) is 4.05. The molecule has 0 saturated heterocycles. The predicted molar refractivity (Wildman–Crippen MR) is 101 cm³/mol. The van der Waals surface area contributed by atoms with E-state index in [2.05, 4.69) is 13.8 Å². The van der Waals surface area contributed by atoms with Crippen molar-refractivity contribution < 1.29 is 28.5 Å². The van der Waals surface area contributed by atoms with Gasteiger partial charge in [-0.3, -0.25) is 9.59 Å². The second-order valence-corrected chi connectivity index (χ2v) is 6.29. The Morgan fingerprint density at radius 3 is 1.42 bits per heavy atom. The Balaban J connectivity index is 3.21. The van der Waals surface area contributed by atoms with Gasteiger partial charge in [0.05, 0.1) is 26.4 Å². The van der Waals surface area contributed by atoms with Gasteiger partial charge in [-0.15, -0.1) is 0 Å². The summed E-state index contributed by atoms with van der Waals surface area (Å²) in [6.45, 7) is 6.43. The maximum Gasteiger partial charge on any atom is 0.305 e. The minimum absolute atomic E-state index is 0.151. The normalized spacial score (nSPS) is 10.7. The van der Waals surface area contributed by atoms with Gasteiger partial charge < -0.3 is 18.9 Å². The molecule has 0 heterocycles. The van der Waals surface area contributed by atoms with Crippen LogP contribution in [-0.4, -0.2) is 51.6 Å². The number of ether oxygens (including phenoxy) is 4. The third-order valence-electron chi connectivity index (χ3n) is 3.82. The van der Waals surface area contributed by atoms with E-state index in [0.29, 0.717) is 39.3 Å². The molecule has 26 heavy (non-hydrogen) atoms. The molecule has 0 spiro atoms. The van der Waals surface area contributed by atoms with Crippen LogP contribution in [0.4, 0.5) is 0 Å². The average molecular weight is 375 g/mol. The maximum absolute atomic E-state index is 11.5. The summed E-state index contributed by atoms with van der Waals surface area (Å²) in [7, 11) is 0. The number of hydrogen-bond acceptors (Lipinski definition) is 6. The van der Waals surface area contributed by atoms with Crippen molar-refractivity contribution >= 4 is 11.9 Å². The fourth-order valence-corrected chi connectivity index (χ4v) is 2.29. The van der Waals surface area contributed by atoms with Crippen LogP contribution < -0.4 is 0 Å². The molecule has 0 aromatic carbocycles. The molecule has 0 aromatic rings. The molecule has 154 valence electrons. The molecule has 0 aromatic heterocycles. The highest BCUT2D eigenvalue weighted by Gasteiger charge is 2.03. The summed E-state index contributed by atoms with van der Waals surface area (Å²) in [6, 6.07) is 0. The summed E-state index contributed by atoms with van der Waals surface area (Å²) in [6.07, 6.45) is 9.60. The van der Waals surface area contributed by atoms with Gasteiger partial charge in [0.1, 0.15) is 13.2 Å². The summed E-state index contributed by atoms with van der Waals surface area (Å²) >= 11 is 0. The van der Waals surface area contributed by atoms with Crippen molar-refractivity contribution in [2.75, 3.05) is 39.6 Å². The second kappa shape index (κ2) is 20.2. The third kappa shape index (κ3) is 19.2. The van der Waals surface area contributed by atoms with Gasteiger partial charge in [-0.05, 0) is 12.8 Å². The first-order valence-electron chi connectivity index (χ1n) is 10.2. The van der Waals surface area contributed by atoms with Crippen LogP contribution in [0.1, 0.15) is 78.1 Å². The van der Waals surface area contributed by atoms with Crippen LogP contribution in [0.3, 0.4) is 0 Å². The van der Waals surface area contributed by atoms with Gasteiger partial charge in [0, 0.05) is 12.8 Å². The van der Waals surface area contributed by atoms with Gasteiger partial charge >= 0.3 is 11.9 Å². The van der Waals surface area contributed by atoms with E-state index in [9.17, 15) is 9.59 Å². The summed E-state index contributed by atoms with van der Waals surface area (Å²) in [4.78, 5) is 22.8. The lowest BCUT2D eigenvalue weighted by atomic mass is 10.1. The molecule has 0 aliphatic heterocycles. The first kappa shape index (κ1) is 24.9. The highest BCUT2D eigenvalue weighted by atomic mass is 16.6. The number of esters is 2. The van der Waals surface area contributed by atoms with E-state index in [1.807, 2.05) is 0 Å². The Labute approximate surface area is 158 Å². The molecule has 0 unspecified atom stereocenters. The Morgan fingerprint density at radius 1 is 0.538 bits per heavy atom. The van der Waals surface area contributed by atoms with Crippen molar-refractivity contribution in [2.24, 2.45) is 0 Å². The molecule has 0 aliphatic rings. The summed E-state index contributed by atoms with van der Waals surface area (Å²) in [5.74, 6) is -0.312. The smallest absolute Gasteiger partial charge is 0.305 e. The molecule has 0 amide bonds. The molecule has 6 heteroatoms. The zero-order valence-electron chi connectivity index (χ0n) is 16.8. The fraction of sp³-hybridized carbons (Fsp3) is 0.900. The van der Waals surface area contributed by atoms with Crippen molar-refractivity contribution in [3.05, 3.63) is 0 Å². The quantitative estimate of drug-likeness (QED) is 0.251. The second-order valence-electron chi connectivity index (χ2n) is 6.29. The van der Waals surface area contributed by atoms with Gasteiger partial charge in [0.25, 0.3) is 0 Å². The highest BCUT2D eigenvalue weighted by molar-refractivity contribution is 5.69. The van der Waals surface area contributed by atoms with Crippen LogP contribution in [0.2, 0.25) is 0 Å². The first-order chi connectivity index (χ1) is 12.7. The van der Waals surface area contributed by atoms with Crippen molar-refractivity contribution in [3.8, 4) is 0 Å². The van der Waals surface area contributed by atoms with Crippen LogP contribution in [0, 0.1) is 0 Å².